The molecular formula is C19H20N2O2. The fourth-order valence-corrected chi connectivity index (χ4v) is 2.09. The first-order chi connectivity index (χ1) is 11.2. The summed E-state index contributed by atoms with van der Waals surface area (Å²) in [5.41, 5.74) is 3.00. The van der Waals surface area contributed by atoms with Crippen molar-refractivity contribution < 1.29 is 9.53 Å². The third-order valence-corrected chi connectivity index (χ3v) is 3.26. The van der Waals surface area contributed by atoms with E-state index in [1.54, 1.807) is 7.11 Å². The summed E-state index contributed by atoms with van der Waals surface area (Å²) in [5, 5.41) is 5.52. The highest BCUT2D eigenvalue weighted by Crippen LogP contribution is 2.18. The maximum Gasteiger partial charge on any atom is 0.315 e. The van der Waals surface area contributed by atoms with Crippen LogP contribution in [0.25, 0.3) is 0 Å². The van der Waals surface area contributed by atoms with Gasteiger partial charge < -0.3 is 15.4 Å². The van der Waals surface area contributed by atoms with Gasteiger partial charge in [-0.25, -0.2) is 4.79 Å². The van der Waals surface area contributed by atoms with Crippen molar-refractivity contribution >= 4 is 6.03 Å². The van der Waals surface area contributed by atoms with E-state index in [2.05, 4.69) is 22.5 Å². The summed E-state index contributed by atoms with van der Waals surface area (Å²) < 4.78 is 5.21. The first kappa shape index (κ1) is 16.4. The second-order valence-electron chi connectivity index (χ2n) is 5.01. The van der Waals surface area contributed by atoms with E-state index in [4.69, 9.17) is 4.74 Å². The lowest BCUT2D eigenvalue weighted by Crippen LogP contribution is -2.35. The molecule has 0 saturated carbocycles. The fraction of sp³-hybridized carbons (Fsp3) is 0.211. The van der Waals surface area contributed by atoms with E-state index in [-0.39, 0.29) is 6.03 Å². The maximum atomic E-state index is 11.7. The molecule has 0 aromatic heterocycles. The summed E-state index contributed by atoms with van der Waals surface area (Å²) in [6.45, 7) is 2.74. The van der Waals surface area contributed by atoms with Gasteiger partial charge in [0.05, 0.1) is 13.7 Å². The first-order valence-electron chi connectivity index (χ1n) is 7.38. The summed E-state index contributed by atoms with van der Waals surface area (Å²) in [6, 6.07) is 15.3. The Morgan fingerprint density at radius 1 is 1.13 bits per heavy atom. The molecule has 0 atom stereocenters. The number of carbonyl (C=O) groups is 1. The summed E-state index contributed by atoms with van der Waals surface area (Å²) >= 11 is 0. The number of rotatable bonds is 4. The highest BCUT2D eigenvalue weighted by molar-refractivity contribution is 5.74. The summed E-state index contributed by atoms with van der Waals surface area (Å²) in [6.07, 6.45) is 0. The van der Waals surface area contributed by atoms with Crippen molar-refractivity contribution in [3.63, 3.8) is 0 Å². The second-order valence-corrected chi connectivity index (χ2v) is 5.01. The van der Waals surface area contributed by atoms with Crippen LogP contribution >= 0.6 is 0 Å². The van der Waals surface area contributed by atoms with E-state index in [9.17, 15) is 4.79 Å². The number of ether oxygens (including phenoxy) is 1. The van der Waals surface area contributed by atoms with Gasteiger partial charge in [-0.3, -0.25) is 0 Å². The molecule has 0 aliphatic rings. The first-order valence-corrected chi connectivity index (χ1v) is 7.38. The van der Waals surface area contributed by atoms with Crippen molar-refractivity contribution in [3.05, 3.63) is 65.2 Å². The number of hydrogen-bond donors (Lipinski definition) is 2. The van der Waals surface area contributed by atoms with E-state index in [1.807, 2.05) is 55.5 Å². The number of methoxy groups -OCH3 is 1. The minimum absolute atomic E-state index is 0.235. The molecule has 0 spiro atoms. The van der Waals surface area contributed by atoms with Crippen LogP contribution in [0.1, 0.15) is 16.7 Å². The van der Waals surface area contributed by atoms with E-state index < -0.39 is 0 Å². The number of carbonyl (C=O) groups excluding carboxylic acids is 1. The SMILES string of the molecule is COc1ccc(CNC(=O)NCC#Cc2ccccc2)cc1C. The standard InChI is InChI=1S/C19H20N2O2/c1-15-13-17(10-11-18(15)23-2)14-21-19(22)20-12-6-9-16-7-4-3-5-8-16/h3-5,7-8,10-11,13H,12,14H2,1-2H3,(H2,20,21,22). The normalized spacial score (nSPS) is 9.48. The zero-order valence-corrected chi connectivity index (χ0v) is 13.3. The van der Waals surface area contributed by atoms with Crippen molar-refractivity contribution in [2.45, 2.75) is 13.5 Å². The molecule has 4 heteroatoms. The molecule has 0 unspecified atom stereocenters. The molecule has 0 radical (unpaired) electrons. The molecule has 0 aliphatic carbocycles. The lowest BCUT2D eigenvalue weighted by atomic mass is 10.1. The Bertz CT molecular complexity index is 715. The van der Waals surface area contributed by atoms with Gasteiger partial charge in [-0.2, -0.15) is 0 Å². The van der Waals surface area contributed by atoms with E-state index in [0.29, 0.717) is 13.1 Å². The highest BCUT2D eigenvalue weighted by atomic mass is 16.5. The van der Waals surface area contributed by atoms with Crippen LogP contribution in [0.3, 0.4) is 0 Å². The van der Waals surface area contributed by atoms with Crippen molar-refractivity contribution in [2.24, 2.45) is 0 Å². The van der Waals surface area contributed by atoms with Crippen LogP contribution in [0.2, 0.25) is 0 Å². The molecular weight excluding hydrogens is 288 g/mol. The third kappa shape index (κ3) is 5.40. The Morgan fingerprint density at radius 2 is 1.91 bits per heavy atom. The smallest absolute Gasteiger partial charge is 0.315 e. The summed E-state index contributed by atoms with van der Waals surface area (Å²) in [5.74, 6) is 6.75. The van der Waals surface area contributed by atoms with E-state index in [1.165, 1.54) is 0 Å². The Morgan fingerprint density at radius 3 is 2.61 bits per heavy atom. The van der Waals surface area contributed by atoms with Crippen molar-refractivity contribution in [1.82, 2.24) is 10.6 Å². The number of benzene rings is 2. The minimum Gasteiger partial charge on any atom is -0.496 e. The number of amides is 2. The Kier molecular flexibility index (Phi) is 6.07. The predicted molar refractivity (Wildman–Crippen MR) is 91.3 cm³/mol. The Balaban J connectivity index is 1.75. The molecule has 4 nitrogen and oxygen atoms in total. The van der Waals surface area contributed by atoms with Gasteiger partial charge in [0.2, 0.25) is 0 Å². The molecule has 0 heterocycles. The predicted octanol–water partition coefficient (Wildman–Crippen LogP) is 2.85. The molecule has 2 N–H and O–H groups in total. The van der Waals surface area contributed by atoms with E-state index >= 15 is 0 Å². The van der Waals surface area contributed by atoms with Crippen molar-refractivity contribution in [2.75, 3.05) is 13.7 Å². The number of urea groups is 1. The lowest BCUT2D eigenvalue weighted by Gasteiger charge is -2.09. The molecule has 0 aliphatic heterocycles. The molecule has 2 rings (SSSR count). The third-order valence-electron chi connectivity index (χ3n) is 3.26. The molecule has 2 aromatic carbocycles. The highest BCUT2D eigenvalue weighted by Gasteiger charge is 2.02. The Labute approximate surface area is 136 Å². The average Bonchev–Trinajstić information content (AvgIpc) is 2.58. The minimum atomic E-state index is -0.235. The molecule has 23 heavy (non-hydrogen) atoms. The van der Waals surface area contributed by atoms with Crippen LogP contribution in [0, 0.1) is 18.8 Å². The summed E-state index contributed by atoms with van der Waals surface area (Å²) in [4.78, 5) is 11.7. The number of nitrogens with one attached hydrogen (secondary N) is 2. The van der Waals surface area contributed by atoms with Gasteiger partial charge in [0.25, 0.3) is 0 Å². The molecule has 2 aromatic rings. The second kappa shape index (κ2) is 8.50. The molecule has 0 saturated heterocycles. The molecule has 0 bridgehead atoms. The Hall–Kier alpha value is -2.93. The molecule has 2 amide bonds. The van der Waals surface area contributed by atoms with Crippen LogP contribution in [-0.2, 0) is 6.54 Å². The van der Waals surface area contributed by atoms with Crippen LogP contribution in [0.5, 0.6) is 5.75 Å². The summed E-state index contributed by atoms with van der Waals surface area (Å²) in [7, 11) is 1.64. The van der Waals surface area contributed by atoms with Gasteiger partial charge in [-0.05, 0) is 36.2 Å². The average molecular weight is 308 g/mol. The van der Waals surface area contributed by atoms with Crippen LogP contribution in [-0.4, -0.2) is 19.7 Å². The number of hydrogen-bond acceptors (Lipinski definition) is 2. The topological polar surface area (TPSA) is 50.4 Å². The van der Waals surface area contributed by atoms with Gasteiger partial charge in [-0.1, -0.05) is 42.2 Å². The number of aryl methyl sites for hydroxylation is 1. The molecule has 118 valence electrons. The van der Waals surface area contributed by atoms with Crippen molar-refractivity contribution in [3.8, 4) is 17.6 Å². The zero-order chi connectivity index (χ0) is 16.5. The van der Waals surface area contributed by atoms with Crippen LogP contribution in [0.4, 0.5) is 4.79 Å². The monoisotopic (exact) mass is 308 g/mol. The largest absolute Gasteiger partial charge is 0.496 e. The zero-order valence-electron chi connectivity index (χ0n) is 13.3. The van der Waals surface area contributed by atoms with Crippen LogP contribution in [0.15, 0.2) is 48.5 Å². The van der Waals surface area contributed by atoms with E-state index in [0.717, 1.165) is 22.4 Å². The quantitative estimate of drug-likeness (QED) is 0.853. The molecule has 0 fully saturated rings. The van der Waals surface area contributed by atoms with Gasteiger partial charge in [0.1, 0.15) is 5.75 Å². The van der Waals surface area contributed by atoms with Gasteiger partial charge in [0.15, 0.2) is 0 Å². The van der Waals surface area contributed by atoms with Gasteiger partial charge in [0, 0.05) is 12.1 Å². The van der Waals surface area contributed by atoms with Gasteiger partial charge in [-0.15, -0.1) is 0 Å². The fourth-order valence-electron chi connectivity index (χ4n) is 2.09. The van der Waals surface area contributed by atoms with Crippen molar-refractivity contribution in [1.29, 1.82) is 0 Å². The lowest BCUT2D eigenvalue weighted by molar-refractivity contribution is 0.241. The maximum absolute atomic E-state index is 11.7. The van der Waals surface area contributed by atoms with Crippen LogP contribution < -0.4 is 15.4 Å². The van der Waals surface area contributed by atoms with Gasteiger partial charge >= 0.3 is 6.03 Å².